The molecular weight excluding hydrogens is 232 g/mol. The van der Waals surface area contributed by atoms with E-state index < -0.39 is 6.10 Å². The number of piperazine rings is 1. The highest BCUT2D eigenvalue weighted by Gasteiger charge is 2.24. The van der Waals surface area contributed by atoms with Gasteiger partial charge in [0.25, 0.3) is 5.91 Å². The molecule has 6 nitrogen and oxygen atoms in total. The molecule has 0 bridgehead atoms. The summed E-state index contributed by atoms with van der Waals surface area (Å²) in [4.78, 5) is 23.7. The summed E-state index contributed by atoms with van der Waals surface area (Å²) < 4.78 is 0. The quantitative estimate of drug-likeness (QED) is 0.788. The monoisotopic (exact) mass is 250 g/mol. The number of rotatable bonds is 2. The zero-order valence-corrected chi connectivity index (χ0v) is 10.7. The van der Waals surface area contributed by atoms with Crippen LogP contribution in [-0.2, 0) is 4.79 Å². The third kappa shape index (κ3) is 2.76. The Morgan fingerprint density at radius 3 is 2.56 bits per heavy atom. The zero-order chi connectivity index (χ0) is 13.1. The molecule has 98 valence electrons. The van der Waals surface area contributed by atoms with Crippen LogP contribution in [0.25, 0.3) is 0 Å². The smallest absolute Gasteiger partial charge is 0.251 e. The van der Waals surface area contributed by atoms with E-state index in [4.69, 9.17) is 0 Å². The van der Waals surface area contributed by atoms with Crippen molar-refractivity contribution in [2.24, 2.45) is 0 Å². The molecule has 1 N–H and O–H groups in total. The van der Waals surface area contributed by atoms with Gasteiger partial charge >= 0.3 is 0 Å². The number of aliphatic hydroxyl groups excluding tert-OH is 1. The van der Waals surface area contributed by atoms with Crippen LogP contribution in [0.5, 0.6) is 0 Å². The highest BCUT2D eigenvalue weighted by atomic mass is 16.3. The molecule has 2 heterocycles. The molecule has 18 heavy (non-hydrogen) atoms. The maximum absolute atomic E-state index is 11.6. The number of aromatic nitrogens is 2. The van der Waals surface area contributed by atoms with Gasteiger partial charge in [0, 0.05) is 37.9 Å². The van der Waals surface area contributed by atoms with Crippen LogP contribution >= 0.6 is 0 Å². The summed E-state index contributed by atoms with van der Waals surface area (Å²) >= 11 is 0. The van der Waals surface area contributed by atoms with E-state index >= 15 is 0 Å². The van der Waals surface area contributed by atoms with Crippen molar-refractivity contribution < 1.29 is 9.90 Å². The number of hydrogen-bond donors (Lipinski definition) is 1. The van der Waals surface area contributed by atoms with E-state index in [9.17, 15) is 9.90 Å². The third-order valence-corrected chi connectivity index (χ3v) is 3.06. The van der Waals surface area contributed by atoms with Crippen molar-refractivity contribution in [1.29, 1.82) is 0 Å². The molecule has 1 atom stereocenters. The lowest BCUT2D eigenvalue weighted by Crippen LogP contribution is -2.51. The van der Waals surface area contributed by atoms with Crippen LogP contribution in [0, 0.1) is 6.92 Å². The van der Waals surface area contributed by atoms with Gasteiger partial charge in [-0.3, -0.25) is 4.79 Å². The summed E-state index contributed by atoms with van der Waals surface area (Å²) in [5, 5.41) is 9.27. The Labute approximate surface area is 106 Å². The highest BCUT2D eigenvalue weighted by molar-refractivity contribution is 5.80. The molecule has 1 amide bonds. The van der Waals surface area contributed by atoms with Crippen LogP contribution < -0.4 is 4.90 Å². The van der Waals surface area contributed by atoms with Gasteiger partial charge in [0.1, 0.15) is 18.2 Å². The van der Waals surface area contributed by atoms with Gasteiger partial charge in [-0.1, -0.05) is 0 Å². The Bertz CT molecular complexity index is 428. The molecule has 0 aromatic carbocycles. The maximum Gasteiger partial charge on any atom is 0.251 e. The Morgan fingerprint density at radius 2 is 2.00 bits per heavy atom. The topological polar surface area (TPSA) is 69.6 Å². The number of anilines is 1. The predicted octanol–water partition coefficient (Wildman–Crippen LogP) is -0.186. The Morgan fingerprint density at radius 1 is 1.33 bits per heavy atom. The summed E-state index contributed by atoms with van der Waals surface area (Å²) in [5.74, 6) is 0.695. The summed E-state index contributed by atoms with van der Waals surface area (Å²) in [6.45, 7) is 6.13. The van der Waals surface area contributed by atoms with Crippen molar-refractivity contribution >= 4 is 11.7 Å². The molecule has 2 rings (SSSR count). The first kappa shape index (κ1) is 12.8. The molecular formula is C12H18N4O2. The van der Waals surface area contributed by atoms with Gasteiger partial charge in [-0.25, -0.2) is 9.97 Å². The lowest BCUT2D eigenvalue weighted by atomic mass is 10.2. The molecule has 0 spiro atoms. The fraction of sp³-hybridized carbons (Fsp3) is 0.583. The van der Waals surface area contributed by atoms with Crippen molar-refractivity contribution in [3.63, 3.8) is 0 Å². The second-order valence-electron chi connectivity index (χ2n) is 4.51. The summed E-state index contributed by atoms with van der Waals surface area (Å²) in [5.41, 5.74) is 0.933. The van der Waals surface area contributed by atoms with Gasteiger partial charge in [-0.15, -0.1) is 0 Å². The van der Waals surface area contributed by atoms with Gasteiger partial charge in [0.2, 0.25) is 0 Å². The molecule has 1 fully saturated rings. The lowest BCUT2D eigenvalue weighted by molar-refractivity contribution is -0.139. The summed E-state index contributed by atoms with van der Waals surface area (Å²) in [6.07, 6.45) is 0.635. The Balaban J connectivity index is 1.96. The van der Waals surface area contributed by atoms with Crippen LogP contribution in [0.3, 0.4) is 0 Å². The van der Waals surface area contributed by atoms with E-state index in [2.05, 4.69) is 14.9 Å². The van der Waals surface area contributed by atoms with E-state index in [1.54, 1.807) is 11.2 Å². The number of amides is 1. The minimum Gasteiger partial charge on any atom is -0.384 e. The van der Waals surface area contributed by atoms with E-state index in [-0.39, 0.29) is 5.91 Å². The largest absolute Gasteiger partial charge is 0.384 e. The van der Waals surface area contributed by atoms with Crippen molar-refractivity contribution in [3.05, 3.63) is 18.1 Å². The standard InChI is InChI=1S/C12H18N4O2/c1-9-7-11(14-8-13-9)15-3-5-16(6-4-15)12(18)10(2)17/h7-8,10,17H,3-6H2,1-2H3/t10-/m0/s1. The van der Waals surface area contributed by atoms with Crippen LogP contribution in [0.2, 0.25) is 0 Å². The predicted molar refractivity (Wildman–Crippen MR) is 67.2 cm³/mol. The van der Waals surface area contributed by atoms with Crippen molar-refractivity contribution in [3.8, 4) is 0 Å². The van der Waals surface area contributed by atoms with Crippen LogP contribution in [0.1, 0.15) is 12.6 Å². The first-order chi connectivity index (χ1) is 8.58. The molecule has 1 aliphatic rings. The molecule has 1 aliphatic heterocycles. The van der Waals surface area contributed by atoms with Gasteiger partial charge in [-0.05, 0) is 13.8 Å². The van der Waals surface area contributed by atoms with Crippen LogP contribution in [0.4, 0.5) is 5.82 Å². The van der Waals surface area contributed by atoms with E-state index in [0.29, 0.717) is 13.1 Å². The normalized spacial score (nSPS) is 17.7. The van der Waals surface area contributed by atoms with Crippen LogP contribution in [-0.4, -0.2) is 58.2 Å². The molecule has 6 heteroatoms. The van der Waals surface area contributed by atoms with E-state index in [0.717, 1.165) is 24.6 Å². The number of aliphatic hydroxyl groups is 1. The van der Waals surface area contributed by atoms with E-state index in [1.165, 1.54) is 6.92 Å². The minimum absolute atomic E-state index is 0.200. The lowest BCUT2D eigenvalue weighted by Gasteiger charge is -2.35. The van der Waals surface area contributed by atoms with Gasteiger partial charge in [-0.2, -0.15) is 0 Å². The third-order valence-electron chi connectivity index (χ3n) is 3.06. The summed E-state index contributed by atoms with van der Waals surface area (Å²) in [6, 6.07) is 1.94. The number of aryl methyl sites for hydroxylation is 1. The Kier molecular flexibility index (Phi) is 3.76. The number of nitrogens with zero attached hydrogens (tertiary/aromatic N) is 4. The second kappa shape index (κ2) is 5.30. The SMILES string of the molecule is Cc1cc(N2CCN(C(=O)[C@H](C)O)CC2)ncn1. The van der Waals surface area contributed by atoms with Gasteiger partial charge in [0.15, 0.2) is 0 Å². The average molecular weight is 250 g/mol. The molecule has 0 aliphatic carbocycles. The molecule has 1 aromatic rings. The second-order valence-corrected chi connectivity index (χ2v) is 4.51. The van der Waals surface area contributed by atoms with Gasteiger partial charge in [0.05, 0.1) is 0 Å². The Hall–Kier alpha value is -1.69. The number of hydrogen-bond acceptors (Lipinski definition) is 5. The van der Waals surface area contributed by atoms with Crippen molar-refractivity contribution in [2.45, 2.75) is 20.0 Å². The van der Waals surface area contributed by atoms with Crippen LogP contribution in [0.15, 0.2) is 12.4 Å². The number of carbonyl (C=O) groups is 1. The van der Waals surface area contributed by atoms with Crippen molar-refractivity contribution in [1.82, 2.24) is 14.9 Å². The first-order valence-corrected chi connectivity index (χ1v) is 6.08. The van der Waals surface area contributed by atoms with Crippen molar-refractivity contribution in [2.75, 3.05) is 31.1 Å². The average Bonchev–Trinajstić information content (AvgIpc) is 2.38. The fourth-order valence-electron chi connectivity index (χ4n) is 2.03. The molecule has 1 aromatic heterocycles. The zero-order valence-electron chi connectivity index (χ0n) is 10.7. The fourth-order valence-corrected chi connectivity index (χ4v) is 2.03. The molecule has 0 unspecified atom stereocenters. The highest BCUT2D eigenvalue weighted by Crippen LogP contribution is 2.13. The van der Waals surface area contributed by atoms with Gasteiger partial charge < -0.3 is 14.9 Å². The number of carbonyl (C=O) groups excluding carboxylic acids is 1. The first-order valence-electron chi connectivity index (χ1n) is 6.08. The molecule has 0 saturated carbocycles. The molecule has 1 saturated heterocycles. The van der Waals surface area contributed by atoms with E-state index in [1.807, 2.05) is 13.0 Å². The summed E-state index contributed by atoms with van der Waals surface area (Å²) in [7, 11) is 0. The minimum atomic E-state index is -0.919. The maximum atomic E-state index is 11.6. The molecule has 0 radical (unpaired) electrons.